The van der Waals surface area contributed by atoms with Crippen molar-refractivity contribution in [1.82, 2.24) is 14.6 Å². The summed E-state index contributed by atoms with van der Waals surface area (Å²) in [6, 6.07) is 19.6. The van der Waals surface area contributed by atoms with Crippen molar-refractivity contribution in [2.45, 2.75) is 0 Å². The van der Waals surface area contributed by atoms with E-state index in [-0.39, 0.29) is 5.91 Å². The minimum absolute atomic E-state index is 0.218. The van der Waals surface area contributed by atoms with Crippen molar-refractivity contribution in [2.75, 3.05) is 5.32 Å². The van der Waals surface area contributed by atoms with E-state index in [0.29, 0.717) is 5.13 Å². The van der Waals surface area contributed by atoms with Crippen LogP contribution in [0.25, 0.3) is 22.3 Å². The van der Waals surface area contributed by atoms with E-state index in [2.05, 4.69) is 15.4 Å². The topological polar surface area (TPSA) is 59.3 Å². The number of benzene rings is 2. The lowest BCUT2D eigenvalue weighted by Crippen LogP contribution is -2.07. The molecule has 4 rings (SSSR count). The molecular weight excluding hydrogens is 332 g/mol. The maximum absolute atomic E-state index is 12.0. The Morgan fingerprint density at radius 3 is 2.48 bits per heavy atom. The molecule has 0 bridgehead atoms. The van der Waals surface area contributed by atoms with Gasteiger partial charge in [-0.2, -0.15) is 0 Å². The molecule has 25 heavy (non-hydrogen) atoms. The normalized spacial score (nSPS) is 11.2. The zero-order chi connectivity index (χ0) is 17.1. The van der Waals surface area contributed by atoms with Crippen LogP contribution in [0.3, 0.4) is 0 Å². The summed E-state index contributed by atoms with van der Waals surface area (Å²) in [5, 5.41) is 7.65. The van der Waals surface area contributed by atoms with Gasteiger partial charge in [-0.15, -0.1) is 5.10 Å². The largest absolute Gasteiger partial charge is 0.297 e. The zero-order valence-electron chi connectivity index (χ0n) is 13.2. The number of nitrogens with one attached hydrogen (secondary N) is 1. The predicted molar refractivity (Wildman–Crippen MR) is 100 cm³/mol. The van der Waals surface area contributed by atoms with E-state index in [4.69, 9.17) is 0 Å². The minimum atomic E-state index is -0.218. The zero-order valence-corrected chi connectivity index (χ0v) is 14.0. The molecule has 6 heteroatoms. The molecule has 5 nitrogen and oxygen atoms in total. The molecule has 0 spiro atoms. The van der Waals surface area contributed by atoms with E-state index in [0.717, 1.165) is 21.8 Å². The molecule has 0 unspecified atom stereocenters. The first-order valence-corrected chi connectivity index (χ1v) is 8.55. The number of hydrogen-bond acceptors (Lipinski definition) is 4. The fourth-order valence-corrected chi connectivity index (χ4v) is 3.17. The van der Waals surface area contributed by atoms with Crippen molar-refractivity contribution in [3.05, 3.63) is 78.5 Å². The van der Waals surface area contributed by atoms with Crippen LogP contribution in [-0.2, 0) is 4.79 Å². The van der Waals surface area contributed by atoms with Crippen molar-refractivity contribution in [3.63, 3.8) is 0 Å². The summed E-state index contributed by atoms with van der Waals surface area (Å²) in [7, 11) is 0. The number of imidazole rings is 1. The van der Waals surface area contributed by atoms with Crippen LogP contribution in [0.4, 0.5) is 5.13 Å². The Balaban J connectivity index is 1.48. The summed E-state index contributed by atoms with van der Waals surface area (Å²) in [6.45, 7) is 0. The van der Waals surface area contributed by atoms with Gasteiger partial charge in [0.25, 0.3) is 0 Å². The molecule has 0 aliphatic rings. The van der Waals surface area contributed by atoms with E-state index < -0.39 is 0 Å². The van der Waals surface area contributed by atoms with Crippen molar-refractivity contribution in [2.24, 2.45) is 0 Å². The van der Waals surface area contributed by atoms with Gasteiger partial charge in [0.2, 0.25) is 16.0 Å². The van der Waals surface area contributed by atoms with Crippen LogP contribution in [0.5, 0.6) is 0 Å². The van der Waals surface area contributed by atoms with Crippen molar-refractivity contribution < 1.29 is 4.79 Å². The van der Waals surface area contributed by atoms with Gasteiger partial charge in [0.1, 0.15) is 0 Å². The second-order valence-electron chi connectivity index (χ2n) is 5.36. The Hall–Kier alpha value is -3.25. The molecule has 122 valence electrons. The van der Waals surface area contributed by atoms with Crippen molar-refractivity contribution in [1.29, 1.82) is 0 Å². The number of carbonyl (C=O) groups excluding carboxylic acids is 1. The number of anilines is 1. The van der Waals surface area contributed by atoms with Gasteiger partial charge in [-0.05, 0) is 11.6 Å². The molecule has 2 aromatic heterocycles. The third-order valence-electron chi connectivity index (χ3n) is 3.57. The monoisotopic (exact) mass is 346 g/mol. The lowest BCUT2D eigenvalue weighted by molar-refractivity contribution is -0.111. The molecule has 2 aromatic carbocycles. The van der Waals surface area contributed by atoms with E-state index >= 15 is 0 Å². The van der Waals surface area contributed by atoms with Gasteiger partial charge in [0, 0.05) is 11.6 Å². The number of rotatable bonds is 4. The quantitative estimate of drug-likeness (QED) is 0.566. The third kappa shape index (κ3) is 3.49. The standard InChI is InChI=1S/C19H14N4OS/c24-17(12-11-14-7-3-1-4-8-14)21-18-22-23-13-16(20-19(23)25-18)15-9-5-2-6-10-15/h1-13H,(H,21,22,24)/b12-11+. The Morgan fingerprint density at radius 1 is 1.04 bits per heavy atom. The molecule has 0 aliphatic heterocycles. The fourth-order valence-electron chi connectivity index (χ4n) is 2.38. The van der Waals surface area contributed by atoms with Crippen molar-refractivity contribution >= 4 is 33.4 Å². The first-order valence-electron chi connectivity index (χ1n) is 7.74. The molecule has 0 saturated carbocycles. The smallest absolute Gasteiger partial charge is 0.250 e. The van der Waals surface area contributed by atoms with Crippen LogP contribution >= 0.6 is 11.3 Å². The highest BCUT2D eigenvalue weighted by Crippen LogP contribution is 2.24. The predicted octanol–water partition coefficient (Wildman–Crippen LogP) is 4.11. The number of hydrogen-bond donors (Lipinski definition) is 1. The number of fused-ring (bicyclic) bond motifs is 1. The average Bonchev–Trinajstić information content (AvgIpc) is 3.20. The lowest BCUT2D eigenvalue weighted by Gasteiger charge is -1.96. The van der Waals surface area contributed by atoms with Crippen LogP contribution in [0.2, 0.25) is 0 Å². The summed E-state index contributed by atoms with van der Waals surface area (Å²) in [5.41, 5.74) is 2.87. The van der Waals surface area contributed by atoms with E-state index in [1.807, 2.05) is 66.9 Å². The maximum Gasteiger partial charge on any atom is 0.250 e. The molecule has 1 N–H and O–H groups in total. The van der Waals surface area contributed by atoms with Gasteiger partial charge >= 0.3 is 0 Å². The molecule has 4 aromatic rings. The number of carbonyl (C=O) groups is 1. The summed E-state index contributed by atoms with van der Waals surface area (Å²) in [4.78, 5) is 17.3. The third-order valence-corrected chi connectivity index (χ3v) is 4.41. The molecule has 0 saturated heterocycles. The molecule has 0 aliphatic carbocycles. The van der Waals surface area contributed by atoms with Gasteiger partial charge in [0.15, 0.2) is 0 Å². The minimum Gasteiger partial charge on any atom is -0.297 e. The van der Waals surface area contributed by atoms with Crippen LogP contribution < -0.4 is 5.32 Å². The number of nitrogens with zero attached hydrogens (tertiary/aromatic N) is 3. The van der Waals surface area contributed by atoms with E-state index in [1.165, 1.54) is 17.4 Å². The van der Waals surface area contributed by atoms with Gasteiger partial charge in [-0.25, -0.2) is 9.50 Å². The Morgan fingerprint density at radius 2 is 1.76 bits per heavy atom. The van der Waals surface area contributed by atoms with Gasteiger partial charge in [0.05, 0.1) is 11.9 Å². The Bertz CT molecular complexity index is 1000. The van der Waals surface area contributed by atoms with Crippen LogP contribution in [0.1, 0.15) is 5.56 Å². The summed E-state index contributed by atoms with van der Waals surface area (Å²) in [5.74, 6) is -0.218. The van der Waals surface area contributed by atoms with Crippen LogP contribution in [0, 0.1) is 0 Å². The average molecular weight is 346 g/mol. The molecule has 0 fully saturated rings. The van der Waals surface area contributed by atoms with E-state index in [9.17, 15) is 4.79 Å². The molecule has 2 heterocycles. The molecule has 0 radical (unpaired) electrons. The van der Waals surface area contributed by atoms with Crippen LogP contribution in [-0.4, -0.2) is 20.5 Å². The summed E-state index contributed by atoms with van der Waals surface area (Å²) >= 11 is 1.34. The van der Waals surface area contributed by atoms with Crippen LogP contribution in [0.15, 0.2) is 72.9 Å². The second kappa shape index (κ2) is 6.70. The summed E-state index contributed by atoms with van der Waals surface area (Å²) in [6.07, 6.45) is 5.12. The number of aromatic nitrogens is 3. The maximum atomic E-state index is 12.0. The first kappa shape index (κ1) is 15.3. The molecule has 0 atom stereocenters. The first-order chi connectivity index (χ1) is 12.3. The van der Waals surface area contributed by atoms with E-state index in [1.54, 1.807) is 10.6 Å². The number of amides is 1. The highest BCUT2D eigenvalue weighted by Gasteiger charge is 2.10. The fraction of sp³-hybridized carbons (Fsp3) is 0. The highest BCUT2D eigenvalue weighted by molar-refractivity contribution is 7.20. The Labute approximate surface area is 148 Å². The summed E-state index contributed by atoms with van der Waals surface area (Å²) < 4.78 is 1.68. The highest BCUT2D eigenvalue weighted by atomic mass is 32.1. The molecule has 1 amide bonds. The van der Waals surface area contributed by atoms with Gasteiger partial charge in [-0.1, -0.05) is 72.0 Å². The van der Waals surface area contributed by atoms with Crippen molar-refractivity contribution in [3.8, 4) is 11.3 Å². The lowest BCUT2D eigenvalue weighted by atomic mass is 10.2. The second-order valence-corrected chi connectivity index (χ2v) is 6.32. The van der Waals surface area contributed by atoms with Gasteiger partial charge < -0.3 is 0 Å². The SMILES string of the molecule is O=C(/C=C/c1ccccc1)Nc1nn2cc(-c3ccccc3)nc2s1. The Kier molecular flexibility index (Phi) is 4.10. The molecular formula is C19H14N4OS. The van der Waals surface area contributed by atoms with Gasteiger partial charge in [-0.3, -0.25) is 10.1 Å².